The lowest BCUT2D eigenvalue weighted by atomic mass is 10.0. The molecule has 28 heavy (non-hydrogen) atoms. The summed E-state index contributed by atoms with van der Waals surface area (Å²) in [6.07, 6.45) is 2.19. The van der Waals surface area contributed by atoms with E-state index in [0.29, 0.717) is 31.7 Å². The number of rotatable bonds is 9. The summed E-state index contributed by atoms with van der Waals surface area (Å²) in [5.41, 5.74) is 0.884. The van der Waals surface area contributed by atoms with Gasteiger partial charge < -0.3 is 19.7 Å². The Morgan fingerprint density at radius 3 is 2.57 bits per heavy atom. The largest absolute Gasteiger partial charge is 0.496 e. The average molecular weight is 409 g/mol. The highest BCUT2D eigenvalue weighted by atomic mass is 32.2. The summed E-state index contributed by atoms with van der Waals surface area (Å²) in [5.74, 6) is 1.34. The number of amides is 2. The van der Waals surface area contributed by atoms with Crippen LogP contribution in [0.1, 0.15) is 24.8 Å². The molecule has 0 aliphatic carbocycles. The van der Waals surface area contributed by atoms with Crippen molar-refractivity contribution >= 4 is 29.5 Å². The molecular formula is C20H28N2O5S. The molecule has 2 amide bonds. The van der Waals surface area contributed by atoms with Crippen molar-refractivity contribution in [3.05, 3.63) is 29.8 Å². The van der Waals surface area contributed by atoms with Crippen molar-refractivity contribution in [2.75, 3.05) is 38.8 Å². The van der Waals surface area contributed by atoms with Gasteiger partial charge in [-0.05, 0) is 18.9 Å². The third-order valence-electron chi connectivity index (χ3n) is 4.67. The van der Waals surface area contributed by atoms with Crippen LogP contribution in [0.2, 0.25) is 0 Å². The molecule has 154 valence electrons. The van der Waals surface area contributed by atoms with Crippen molar-refractivity contribution < 1.29 is 23.9 Å². The molecule has 7 nitrogen and oxygen atoms in total. The highest BCUT2D eigenvalue weighted by molar-refractivity contribution is 7.99. The lowest BCUT2D eigenvalue weighted by molar-refractivity contribution is -0.137. The van der Waals surface area contributed by atoms with Gasteiger partial charge in [-0.15, -0.1) is 11.8 Å². The molecule has 1 N–H and O–H groups in total. The lowest BCUT2D eigenvalue weighted by Gasteiger charge is -2.32. The molecule has 1 aliphatic heterocycles. The Morgan fingerprint density at radius 1 is 1.18 bits per heavy atom. The minimum Gasteiger partial charge on any atom is -0.496 e. The number of methoxy groups -OCH3 is 2. The van der Waals surface area contributed by atoms with Gasteiger partial charge in [-0.2, -0.15) is 0 Å². The quantitative estimate of drug-likeness (QED) is 0.494. The molecule has 1 aromatic rings. The van der Waals surface area contributed by atoms with Crippen molar-refractivity contribution in [2.45, 2.75) is 31.7 Å². The normalized spacial score (nSPS) is 14.4. The third-order valence-corrected chi connectivity index (χ3v) is 5.60. The fourth-order valence-corrected chi connectivity index (χ4v) is 3.83. The summed E-state index contributed by atoms with van der Waals surface area (Å²) in [7, 11) is 2.95. The smallest absolute Gasteiger partial charge is 0.315 e. The zero-order valence-corrected chi connectivity index (χ0v) is 17.3. The van der Waals surface area contributed by atoms with Crippen LogP contribution < -0.4 is 10.1 Å². The number of nitrogens with one attached hydrogen (secondary N) is 1. The standard InChI is InChI=1S/C20H28N2O5S/c1-26-17-6-4-3-5-15(17)13-19(24)22-10-7-16(8-11-22)21-18(23)9-12-28-14-20(25)27-2/h3-6,16H,7-14H2,1-2H3,(H,21,23). The number of ether oxygens (including phenoxy) is 2. The zero-order chi connectivity index (χ0) is 20.4. The van der Waals surface area contributed by atoms with E-state index in [4.69, 9.17) is 4.74 Å². The molecule has 1 aromatic carbocycles. The van der Waals surface area contributed by atoms with Crippen molar-refractivity contribution in [2.24, 2.45) is 0 Å². The summed E-state index contributed by atoms with van der Waals surface area (Å²) < 4.78 is 9.87. The molecule has 0 radical (unpaired) electrons. The van der Waals surface area contributed by atoms with Crippen molar-refractivity contribution in [3.63, 3.8) is 0 Å². The Bertz CT molecular complexity index is 674. The fraction of sp³-hybridized carbons (Fsp3) is 0.550. The number of carbonyl (C=O) groups excluding carboxylic acids is 3. The van der Waals surface area contributed by atoms with Crippen LogP contribution in [0.4, 0.5) is 0 Å². The second-order valence-electron chi connectivity index (χ2n) is 6.59. The topological polar surface area (TPSA) is 84.9 Å². The van der Waals surface area contributed by atoms with Crippen molar-refractivity contribution in [1.29, 1.82) is 0 Å². The molecule has 0 unspecified atom stereocenters. The number of esters is 1. The fourth-order valence-electron chi connectivity index (χ4n) is 3.08. The van der Waals surface area contributed by atoms with Crippen LogP contribution in [0.15, 0.2) is 24.3 Å². The Balaban J connectivity index is 1.68. The molecule has 1 heterocycles. The van der Waals surface area contributed by atoms with Gasteiger partial charge in [0.05, 0.1) is 26.4 Å². The second-order valence-corrected chi connectivity index (χ2v) is 7.70. The predicted octanol–water partition coefficient (Wildman–Crippen LogP) is 1.64. The summed E-state index contributed by atoms with van der Waals surface area (Å²) in [6.45, 7) is 1.27. The van der Waals surface area contributed by atoms with Gasteiger partial charge in [0, 0.05) is 36.9 Å². The van der Waals surface area contributed by atoms with Gasteiger partial charge in [0.2, 0.25) is 11.8 Å². The Kier molecular flexibility index (Phi) is 9.13. The molecule has 0 spiro atoms. The first-order valence-electron chi connectivity index (χ1n) is 9.37. The molecule has 8 heteroatoms. The Morgan fingerprint density at radius 2 is 1.89 bits per heavy atom. The molecule has 0 aromatic heterocycles. The summed E-state index contributed by atoms with van der Waals surface area (Å²) in [5, 5.41) is 3.02. The maximum atomic E-state index is 12.6. The van der Waals surface area contributed by atoms with E-state index in [9.17, 15) is 14.4 Å². The Hall–Kier alpha value is -2.22. The number of piperidine rings is 1. The van der Waals surface area contributed by atoms with Gasteiger partial charge in [0.25, 0.3) is 0 Å². The number of nitrogens with zero attached hydrogens (tertiary/aromatic N) is 1. The average Bonchev–Trinajstić information content (AvgIpc) is 2.71. The monoisotopic (exact) mass is 408 g/mol. The van der Waals surface area contributed by atoms with Crippen LogP contribution in [0.3, 0.4) is 0 Å². The zero-order valence-electron chi connectivity index (χ0n) is 16.4. The number of thioether (sulfide) groups is 1. The molecule has 0 bridgehead atoms. The van der Waals surface area contributed by atoms with Crippen LogP contribution in [0.25, 0.3) is 0 Å². The molecular weight excluding hydrogens is 380 g/mol. The number of carbonyl (C=O) groups is 3. The molecule has 2 rings (SSSR count). The molecule has 0 saturated carbocycles. The second kappa shape index (κ2) is 11.6. The number of likely N-dealkylation sites (tertiary alicyclic amines) is 1. The maximum Gasteiger partial charge on any atom is 0.315 e. The minimum atomic E-state index is -0.282. The first kappa shape index (κ1) is 22.1. The molecule has 0 atom stereocenters. The number of para-hydroxylation sites is 1. The van der Waals surface area contributed by atoms with Crippen LogP contribution in [0.5, 0.6) is 5.75 Å². The van der Waals surface area contributed by atoms with Gasteiger partial charge in [0.1, 0.15) is 5.75 Å². The summed E-state index contributed by atoms with van der Waals surface area (Å²) in [4.78, 5) is 37.5. The number of hydrogen-bond donors (Lipinski definition) is 1. The van der Waals surface area contributed by atoms with Gasteiger partial charge >= 0.3 is 5.97 Å². The van der Waals surface area contributed by atoms with E-state index in [0.717, 1.165) is 24.2 Å². The first-order valence-corrected chi connectivity index (χ1v) is 10.5. The minimum absolute atomic E-state index is 0.0174. The predicted molar refractivity (Wildman–Crippen MR) is 108 cm³/mol. The van der Waals surface area contributed by atoms with Crippen molar-refractivity contribution in [1.82, 2.24) is 10.2 Å². The number of hydrogen-bond acceptors (Lipinski definition) is 6. The van der Waals surface area contributed by atoms with E-state index in [2.05, 4.69) is 10.1 Å². The highest BCUT2D eigenvalue weighted by Crippen LogP contribution is 2.20. The summed E-state index contributed by atoms with van der Waals surface area (Å²) in [6, 6.07) is 7.63. The molecule has 1 aliphatic rings. The summed E-state index contributed by atoms with van der Waals surface area (Å²) >= 11 is 1.39. The Labute approximate surface area is 170 Å². The first-order chi connectivity index (χ1) is 13.5. The van der Waals surface area contributed by atoms with E-state index in [1.807, 2.05) is 29.2 Å². The third kappa shape index (κ3) is 7.07. The maximum absolute atomic E-state index is 12.6. The van der Waals surface area contributed by atoms with Gasteiger partial charge in [-0.1, -0.05) is 18.2 Å². The van der Waals surface area contributed by atoms with Gasteiger partial charge in [0.15, 0.2) is 0 Å². The molecule has 1 fully saturated rings. The lowest BCUT2D eigenvalue weighted by Crippen LogP contribution is -2.47. The van der Waals surface area contributed by atoms with E-state index < -0.39 is 0 Å². The van der Waals surface area contributed by atoms with Crippen molar-refractivity contribution in [3.8, 4) is 5.75 Å². The van der Waals surface area contributed by atoms with E-state index in [-0.39, 0.29) is 29.6 Å². The van der Waals surface area contributed by atoms with Gasteiger partial charge in [-0.25, -0.2) is 0 Å². The SMILES string of the molecule is COC(=O)CSCCC(=O)NC1CCN(C(=O)Cc2ccccc2OC)CC1. The van der Waals surface area contributed by atoms with E-state index in [1.54, 1.807) is 7.11 Å². The highest BCUT2D eigenvalue weighted by Gasteiger charge is 2.24. The van der Waals surface area contributed by atoms with Crippen LogP contribution in [-0.2, 0) is 25.5 Å². The number of benzene rings is 1. The van der Waals surface area contributed by atoms with E-state index >= 15 is 0 Å². The van der Waals surface area contributed by atoms with Crippen LogP contribution in [-0.4, -0.2) is 67.5 Å². The molecule has 1 saturated heterocycles. The van der Waals surface area contributed by atoms with Crippen LogP contribution >= 0.6 is 11.8 Å². The van der Waals surface area contributed by atoms with E-state index in [1.165, 1.54) is 18.9 Å². The van der Waals surface area contributed by atoms with Crippen LogP contribution in [0, 0.1) is 0 Å². The van der Waals surface area contributed by atoms with Gasteiger partial charge in [-0.3, -0.25) is 14.4 Å².